The van der Waals surface area contributed by atoms with Crippen LogP contribution in [0.2, 0.25) is 0 Å². The van der Waals surface area contributed by atoms with Crippen LogP contribution in [0.5, 0.6) is 0 Å². The van der Waals surface area contributed by atoms with Gasteiger partial charge in [-0.2, -0.15) is 0 Å². The summed E-state index contributed by atoms with van der Waals surface area (Å²) in [7, 11) is 0. The van der Waals surface area contributed by atoms with Crippen LogP contribution in [-0.2, 0) is 12.4 Å². The zero-order valence-electron chi connectivity index (χ0n) is 10.2. The van der Waals surface area contributed by atoms with Crippen molar-refractivity contribution < 1.29 is 15.0 Å². The molecule has 0 aliphatic rings. The molecule has 4 heteroatoms. The summed E-state index contributed by atoms with van der Waals surface area (Å²) in [5, 5.41) is 17.9. The number of carbonyl (C=O) groups is 1. The quantitative estimate of drug-likeness (QED) is 0.822. The molecule has 3 nitrogen and oxygen atoms in total. The van der Waals surface area contributed by atoms with Crippen LogP contribution < -0.4 is 0 Å². The third-order valence-electron chi connectivity index (χ3n) is 2.69. The lowest BCUT2D eigenvalue weighted by Gasteiger charge is -2.04. The summed E-state index contributed by atoms with van der Waals surface area (Å²) in [5.74, 6) is -0.182. The van der Waals surface area contributed by atoms with Crippen molar-refractivity contribution in [1.29, 1.82) is 0 Å². The van der Waals surface area contributed by atoms with Crippen molar-refractivity contribution >= 4 is 17.7 Å². The fourth-order valence-electron chi connectivity index (χ4n) is 1.65. The van der Waals surface area contributed by atoms with Gasteiger partial charge in [-0.3, -0.25) is 0 Å². The van der Waals surface area contributed by atoms with Gasteiger partial charge in [0.25, 0.3) is 0 Å². The van der Waals surface area contributed by atoms with Crippen LogP contribution in [0, 0.1) is 0 Å². The van der Waals surface area contributed by atoms with E-state index in [0.717, 1.165) is 21.8 Å². The van der Waals surface area contributed by atoms with Gasteiger partial charge < -0.3 is 10.2 Å². The van der Waals surface area contributed by atoms with Gasteiger partial charge in [-0.05, 0) is 35.4 Å². The van der Waals surface area contributed by atoms with Crippen molar-refractivity contribution in [2.75, 3.05) is 0 Å². The second-order valence-corrected chi connectivity index (χ2v) is 5.15. The molecule has 0 saturated carbocycles. The third kappa shape index (κ3) is 3.84. The van der Waals surface area contributed by atoms with E-state index in [1.807, 2.05) is 30.3 Å². The average Bonchev–Trinajstić information content (AvgIpc) is 2.46. The zero-order chi connectivity index (χ0) is 13.7. The summed E-state index contributed by atoms with van der Waals surface area (Å²) in [5.41, 5.74) is 2.18. The maximum absolute atomic E-state index is 10.9. The number of benzene rings is 2. The van der Waals surface area contributed by atoms with Gasteiger partial charge >= 0.3 is 5.97 Å². The molecule has 0 spiro atoms. The van der Waals surface area contributed by atoms with E-state index in [1.54, 1.807) is 30.0 Å². The first-order valence-electron chi connectivity index (χ1n) is 5.84. The standard InChI is InChI=1S/C15H14O3S/c16-9-11-4-6-14(7-5-11)19-10-12-2-1-3-13(8-12)15(17)18/h1-8,16H,9-10H2,(H,17,18). The Morgan fingerprint density at radius 2 is 1.79 bits per heavy atom. The van der Waals surface area contributed by atoms with Gasteiger partial charge in [0.1, 0.15) is 0 Å². The molecule has 2 aromatic rings. The third-order valence-corrected chi connectivity index (χ3v) is 3.77. The highest BCUT2D eigenvalue weighted by molar-refractivity contribution is 7.98. The summed E-state index contributed by atoms with van der Waals surface area (Å²) in [6.07, 6.45) is 0. The number of aliphatic hydroxyl groups excluding tert-OH is 1. The van der Waals surface area contributed by atoms with Gasteiger partial charge in [0.2, 0.25) is 0 Å². The van der Waals surface area contributed by atoms with Gasteiger partial charge in [-0.1, -0.05) is 24.3 Å². The molecule has 0 heterocycles. The molecule has 0 radical (unpaired) electrons. The van der Waals surface area contributed by atoms with E-state index in [4.69, 9.17) is 10.2 Å². The Kier molecular flexibility index (Phi) is 4.60. The van der Waals surface area contributed by atoms with Crippen molar-refractivity contribution in [2.45, 2.75) is 17.3 Å². The molecule has 2 rings (SSSR count). The lowest BCUT2D eigenvalue weighted by molar-refractivity contribution is 0.0697. The molecule has 0 aliphatic carbocycles. The first kappa shape index (κ1) is 13.6. The van der Waals surface area contributed by atoms with Crippen LogP contribution in [0.15, 0.2) is 53.4 Å². The minimum atomic E-state index is -0.904. The first-order chi connectivity index (χ1) is 9.19. The molecule has 2 aromatic carbocycles. The Balaban J connectivity index is 2.01. The van der Waals surface area contributed by atoms with Crippen molar-refractivity contribution in [1.82, 2.24) is 0 Å². The van der Waals surface area contributed by atoms with E-state index in [0.29, 0.717) is 5.56 Å². The number of aromatic carboxylic acids is 1. The summed E-state index contributed by atoms with van der Waals surface area (Å²) >= 11 is 1.64. The molecular formula is C15H14O3S. The Hall–Kier alpha value is -1.78. The maximum atomic E-state index is 10.9. The van der Waals surface area contributed by atoms with Gasteiger partial charge in [-0.25, -0.2) is 4.79 Å². The van der Waals surface area contributed by atoms with Crippen LogP contribution in [0.3, 0.4) is 0 Å². The second-order valence-electron chi connectivity index (χ2n) is 4.10. The van der Waals surface area contributed by atoms with E-state index in [9.17, 15) is 4.79 Å². The highest BCUT2D eigenvalue weighted by Crippen LogP contribution is 2.23. The predicted molar refractivity (Wildman–Crippen MR) is 75.3 cm³/mol. The number of aliphatic hydroxyl groups is 1. The van der Waals surface area contributed by atoms with Gasteiger partial charge in [0.05, 0.1) is 12.2 Å². The van der Waals surface area contributed by atoms with E-state index < -0.39 is 5.97 Å². The smallest absolute Gasteiger partial charge is 0.335 e. The van der Waals surface area contributed by atoms with E-state index in [2.05, 4.69) is 0 Å². The Labute approximate surface area is 115 Å². The van der Waals surface area contributed by atoms with E-state index >= 15 is 0 Å². The summed E-state index contributed by atoms with van der Waals surface area (Å²) in [6.45, 7) is 0.0472. The topological polar surface area (TPSA) is 57.5 Å². The fraction of sp³-hybridized carbons (Fsp3) is 0.133. The zero-order valence-corrected chi connectivity index (χ0v) is 11.1. The lowest BCUT2D eigenvalue weighted by atomic mass is 10.1. The number of carboxylic acid groups (broad SMARTS) is 1. The number of hydrogen-bond donors (Lipinski definition) is 2. The SMILES string of the molecule is O=C(O)c1cccc(CSc2ccc(CO)cc2)c1. The highest BCUT2D eigenvalue weighted by atomic mass is 32.2. The normalized spacial score (nSPS) is 10.4. The number of rotatable bonds is 5. The first-order valence-corrected chi connectivity index (χ1v) is 6.82. The molecular weight excluding hydrogens is 260 g/mol. The van der Waals surface area contributed by atoms with Crippen LogP contribution in [-0.4, -0.2) is 16.2 Å². The molecule has 19 heavy (non-hydrogen) atoms. The van der Waals surface area contributed by atoms with Gasteiger partial charge in [0.15, 0.2) is 0 Å². The Bertz CT molecular complexity index is 564. The number of hydrogen-bond acceptors (Lipinski definition) is 3. The lowest BCUT2D eigenvalue weighted by Crippen LogP contribution is -1.96. The molecule has 0 aromatic heterocycles. The van der Waals surface area contributed by atoms with Crippen molar-refractivity contribution in [3.63, 3.8) is 0 Å². The summed E-state index contributed by atoms with van der Waals surface area (Å²) in [6, 6.07) is 14.6. The largest absolute Gasteiger partial charge is 0.478 e. The van der Waals surface area contributed by atoms with Crippen molar-refractivity contribution in [2.24, 2.45) is 0 Å². The molecule has 0 bridgehead atoms. The summed E-state index contributed by atoms with van der Waals surface area (Å²) < 4.78 is 0. The molecule has 0 saturated heterocycles. The Morgan fingerprint density at radius 1 is 1.05 bits per heavy atom. The van der Waals surface area contributed by atoms with Gasteiger partial charge in [-0.15, -0.1) is 11.8 Å². The molecule has 98 valence electrons. The molecule has 0 amide bonds. The fourth-order valence-corrected chi connectivity index (χ4v) is 2.49. The molecule has 0 atom stereocenters. The van der Waals surface area contributed by atoms with Crippen LogP contribution in [0.25, 0.3) is 0 Å². The molecule has 2 N–H and O–H groups in total. The van der Waals surface area contributed by atoms with Gasteiger partial charge in [0, 0.05) is 10.6 Å². The summed E-state index contributed by atoms with van der Waals surface area (Å²) in [4.78, 5) is 12.0. The molecule has 0 fully saturated rings. The Morgan fingerprint density at radius 3 is 2.42 bits per heavy atom. The average molecular weight is 274 g/mol. The van der Waals surface area contributed by atoms with Crippen LogP contribution in [0.4, 0.5) is 0 Å². The molecule has 0 aliphatic heterocycles. The highest BCUT2D eigenvalue weighted by Gasteiger charge is 2.03. The monoisotopic (exact) mass is 274 g/mol. The maximum Gasteiger partial charge on any atom is 0.335 e. The minimum absolute atomic E-state index is 0.0472. The minimum Gasteiger partial charge on any atom is -0.478 e. The molecule has 0 unspecified atom stereocenters. The van der Waals surface area contributed by atoms with Crippen LogP contribution in [0.1, 0.15) is 21.5 Å². The van der Waals surface area contributed by atoms with Crippen LogP contribution >= 0.6 is 11.8 Å². The predicted octanol–water partition coefficient (Wildman–Crippen LogP) is 3.17. The van der Waals surface area contributed by atoms with E-state index in [1.165, 1.54) is 0 Å². The van der Waals surface area contributed by atoms with Crippen molar-refractivity contribution in [3.8, 4) is 0 Å². The second kappa shape index (κ2) is 6.41. The van der Waals surface area contributed by atoms with E-state index in [-0.39, 0.29) is 6.61 Å². The number of carboxylic acids is 1. The van der Waals surface area contributed by atoms with Crippen molar-refractivity contribution in [3.05, 3.63) is 65.2 Å². The number of thioether (sulfide) groups is 1.